The van der Waals surface area contributed by atoms with E-state index in [4.69, 9.17) is 5.11 Å². The summed E-state index contributed by atoms with van der Waals surface area (Å²) in [6, 6.07) is 4.54. The van der Waals surface area contributed by atoms with Gasteiger partial charge >= 0.3 is 5.97 Å². The Hall–Kier alpha value is -2.04. The van der Waals surface area contributed by atoms with Crippen LogP contribution in [-0.4, -0.2) is 29.6 Å². The average Bonchev–Trinajstić information content (AvgIpc) is 2.81. The molecule has 1 heterocycles. The molecule has 102 valence electrons. The van der Waals surface area contributed by atoms with Gasteiger partial charge in [-0.05, 0) is 36.1 Å². The van der Waals surface area contributed by atoms with Crippen molar-refractivity contribution in [1.82, 2.24) is 5.32 Å². The topological polar surface area (TPSA) is 78.4 Å². The van der Waals surface area contributed by atoms with Crippen LogP contribution in [0.1, 0.15) is 29.8 Å². The lowest BCUT2D eigenvalue weighted by molar-refractivity contribution is -0.140. The van der Waals surface area contributed by atoms with Gasteiger partial charge in [-0.1, -0.05) is 13.8 Å². The van der Waals surface area contributed by atoms with Gasteiger partial charge in [-0.3, -0.25) is 4.79 Å². The Morgan fingerprint density at radius 1 is 1.37 bits per heavy atom. The predicted octanol–water partition coefficient (Wildman–Crippen LogP) is 1.49. The molecule has 1 unspecified atom stereocenters. The van der Waals surface area contributed by atoms with E-state index in [9.17, 15) is 9.59 Å². The van der Waals surface area contributed by atoms with E-state index >= 15 is 0 Å². The molecule has 0 fully saturated rings. The first-order valence-corrected chi connectivity index (χ1v) is 6.39. The SMILES string of the molecule is CC(C)C(NC(=O)c1ccc2c(c1)CCN2)C(=O)O. The first-order valence-electron chi connectivity index (χ1n) is 6.39. The number of carboxylic acids is 1. The van der Waals surface area contributed by atoms with Crippen LogP contribution in [0.25, 0.3) is 0 Å². The third-order valence-electron chi connectivity index (χ3n) is 3.30. The van der Waals surface area contributed by atoms with Gasteiger partial charge < -0.3 is 15.7 Å². The molecule has 1 aliphatic rings. The monoisotopic (exact) mass is 262 g/mol. The fourth-order valence-electron chi connectivity index (χ4n) is 2.18. The van der Waals surface area contributed by atoms with Crippen LogP contribution >= 0.6 is 0 Å². The third kappa shape index (κ3) is 2.86. The lowest BCUT2D eigenvalue weighted by atomic mass is 10.0. The number of anilines is 1. The Labute approximate surface area is 112 Å². The lowest BCUT2D eigenvalue weighted by Crippen LogP contribution is -2.44. The second kappa shape index (κ2) is 5.30. The maximum absolute atomic E-state index is 12.1. The van der Waals surface area contributed by atoms with Gasteiger partial charge in [-0.2, -0.15) is 0 Å². The molecule has 0 saturated heterocycles. The second-order valence-corrected chi connectivity index (χ2v) is 5.08. The Morgan fingerprint density at radius 2 is 2.11 bits per heavy atom. The van der Waals surface area contributed by atoms with Crippen molar-refractivity contribution >= 4 is 17.6 Å². The minimum absolute atomic E-state index is 0.155. The van der Waals surface area contributed by atoms with E-state index in [0.29, 0.717) is 5.56 Å². The Kier molecular flexibility index (Phi) is 3.74. The summed E-state index contributed by atoms with van der Waals surface area (Å²) in [5.41, 5.74) is 2.66. The maximum Gasteiger partial charge on any atom is 0.326 e. The van der Waals surface area contributed by atoms with E-state index < -0.39 is 12.0 Å². The lowest BCUT2D eigenvalue weighted by Gasteiger charge is -2.18. The van der Waals surface area contributed by atoms with E-state index in [1.165, 1.54) is 0 Å². The Bertz CT molecular complexity index is 511. The number of amides is 1. The van der Waals surface area contributed by atoms with Gasteiger partial charge in [0.05, 0.1) is 0 Å². The van der Waals surface area contributed by atoms with Gasteiger partial charge in [0, 0.05) is 17.8 Å². The van der Waals surface area contributed by atoms with Crippen molar-refractivity contribution in [2.75, 3.05) is 11.9 Å². The number of benzene rings is 1. The summed E-state index contributed by atoms with van der Waals surface area (Å²) in [7, 11) is 0. The number of rotatable bonds is 4. The van der Waals surface area contributed by atoms with Gasteiger partial charge in [0.1, 0.15) is 6.04 Å². The van der Waals surface area contributed by atoms with E-state index in [-0.39, 0.29) is 11.8 Å². The minimum Gasteiger partial charge on any atom is -0.480 e. The standard InChI is InChI=1S/C14H18N2O3/c1-8(2)12(14(18)19)16-13(17)10-3-4-11-9(7-10)5-6-15-11/h3-4,7-8,12,15H,5-6H2,1-2H3,(H,16,17)(H,18,19). The molecule has 0 aromatic heterocycles. The van der Waals surface area contributed by atoms with Crippen LogP contribution in [0.3, 0.4) is 0 Å². The number of carboxylic acid groups (broad SMARTS) is 1. The second-order valence-electron chi connectivity index (χ2n) is 5.08. The van der Waals surface area contributed by atoms with Gasteiger partial charge in [0.2, 0.25) is 0 Å². The van der Waals surface area contributed by atoms with E-state index in [0.717, 1.165) is 24.2 Å². The van der Waals surface area contributed by atoms with Crippen LogP contribution in [0, 0.1) is 5.92 Å². The molecule has 3 N–H and O–H groups in total. The quantitative estimate of drug-likeness (QED) is 0.768. The van der Waals surface area contributed by atoms with Crippen LogP contribution in [-0.2, 0) is 11.2 Å². The molecular formula is C14H18N2O3. The summed E-state index contributed by atoms with van der Waals surface area (Å²) < 4.78 is 0. The molecule has 0 aliphatic carbocycles. The van der Waals surface area contributed by atoms with Crippen molar-refractivity contribution in [2.45, 2.75) is 26.3 Å². The van der Waals surface area contributed by atoms with Crippen molar-refractivity contribution in [3.63, 3.8) is 0 Å². The molecule has 1 aromatic rings. The number of carbonyl (C=O) groups is 2. The zero-order chi connectivity index (χ0) is 14.0. The molecule has 5 heteroatoms. The van der Waals surface area contributed by atoms with Crippen LogP contribution in [0.4, 0.5) is 5.69 Å². The maximum atomic E-state index is 12.1. The summed E-state index contributed by atoms with van der Waals surface area (Å²) in [6.07, 6.45) is 0.892. The van der Waals surface area contributed by atoms with Crippen molar-refractivity contribution in [3.8, 4) is 0 Å². The van der Waals surface area contributed by atoms with Crippen molar-refractivity contribution in [2.24, 2.45) is 5.92 Å². The molecule has 2 rings (SSSR count). The van der Waals surface area contributed by atoms with Gasteiger partial charge in [0.15, 0.2) is 0 Å². The molecule has 1 aromatic carbocycles. The summed E-state index contributed by atoms with van der Waals surface area (Å²) in [6.45, 7) is 4.42. The van der Waals surface area contributed by atoms with E-state index in [2.05, 4.69) is 10.6 Å². The van der Waals surface area contributed by atoms with Crippen LogP contribution in [0.2, 0.25) is 0 Å². The molecule has 0 spiro atoms. The van der Waals surface area contributed by atoms with Gasteiger partial charge in [0.25, 0.3) is 5.91 Å². The van der Waals surface area contributed by atoms with Gasteiger partial charge in [-0.25, -0.2) is 4.79 Å². The van der Waals surface area contributed by atoms with E-state index in [1.54, 1.807) is 19.9 Å². The number of carbonyl (C=O) groups excluding carboxylic acids is 1. The van der Waals surface area contributed by atoms with Crippen molar-refractivity contribution in [3.05, 3.63) is 29.3 Å². The molecule has 1 aliphatic heterocycles. The molecule has 5 nitrogen and oxygen atoms in total. The summed E-state index contributed by atoms with van der Waals surface area (Å²) in [4.78, 5) is 23.1. The Morgan fingerprint density at radius 3 is 2.74 bits per heavy atom. The number of fused-ring (bicyclic) bond motifs is 1. The number of aliphatic carboxylic acids is 1. The molecule has 1 amide bonds. The zero-order valence-corrected chi connectivity index (χ0v) is 11.1. The van der Waals surface area contributed by atoms with Crippen LogP contribution in [0.15, 0.2) is 18.2 Å². The summed E-state index contributed by atoms with van der Waals surface area (Å²) in [5, 5.41) is 14.9. The molecule has 0 radical (unpaired) electrons. The molecule has 1 atom stereocenters. The fraction of sp³-hybridized carbons (Fsp3) is 0.429. The first-order chi connectivity index (χ1) is 8.99. The smallest absolute Gasteiger partial charge is 0.326 e. The summed E-state index contributed by atoms with van der Waals surface area (Å²) >= 11 is 0. The number of hydrogen-bond donors (Lipinski definition) is 3. The highest BCUT2D eigenvalue weighted by atomic mass is 16.4. The normalized spacial score (nSPS) is 14.7. The number of hydrogen-bond acceptors (Lipinski definition) is 3. The molecule has 0 bridgehead atoms. The predicted molar refractivity (Wildman–Crippen MR) is 72.4 cm³/mol. The molecular weight excluding hydrogens is 244 g/mol. The third-order valence-corrected chi connectivity index (χ3v) is 3.30. The molecule has 0 saturated carbocycles. The summed E-state index contributed by atoms with van der Waals surface area (Å²) in [5.74, 6) is -1.50. The largest absolute Gasteiger partial charge is 0.480 e. The highest BCUT2D eigenvalue weighted by Crippen LogP contribution is 2.23. The average molecular weight is 262 g/mol. The molecule has 19 heavy (non-hydrogen) atoms. The number of nitrogens with one attached hydrogen (secondary N) is 2. The highest BCUT2D eigenvalue weighted by Gasteiger charge is 2.24. The van der Waals surface area contributed by atoms with Crippen LogP contribution in [0.5, 0.6) is 0 Å². The highest BCUT2D eigenvalue weighted by molar-refractivity contribution is 5.97. The van der Waals surface area contributed by atoms with Crippen molar-refractivity contribution < 1.29 is 14.7 Å². The zero-order valence-electron chi connectivity index (χ0n) is 11.1. The Balaban J connectivity index is 2.13. The first kappa shape index (κ1) is 13.4. The minimum atomic E-state index is -1.01. The fourth-order valence-corrected chi connectivity index (χ4v) is 2.18. The van der Waals surface area contributed by atoms with Gasteiger partial charge in [-0.15, -0.1) is 0 Å². The van der Waals surface area contributed by atoms with Crippen molar-refractivity contribution in [1.29, 1.82) is 0 Å². The van der Waals surface area contributed by atoms with E-state index in [1.807, 2.05) is 12.1 Å². The van der Waals surface area contributed by atoms with Crippen LogP contribution < -0.4 is 10.6 Å².